The van der Waals surface area contributed by atoms with Crippen LogP contribution in [0.2, 0.25) is 0 Å². The number of unbranched alkanes of at least 4 members (excludes halogenated alkanes) is 3. The molecule has 0 spiro atoms. The second-order valence-corrected chi connectivity index (χ2v) is 23.2. The molecule has 3 saturated heterocycles. The smallest absolute Gasteiger partial charge is 0.370 e. The zero-order chi connectivity index (χ0) is 60.0. The van der Waals surface area contributed by atoms with Crippen LogP contribution in [0, 0.1) is 11.8 Å². The maximum Gasteiger partial charge on any atom is 0.399 e. The van der Waals surface area contributed by atoms with Crippen LogP contribution in [0.1, 0.15) is 132 Å². The third-order valence-electron chi connectivity index (χ3n) is 16.0. The summed E-state index contributed by atoms with van der Waals surface area (Å²) in [6.07, 6.45) is 2.83. The Morgan fingerprint density at radius 2 is 1.55 bits per heavy atom. The monoisotopic (exact) mass is 1170 g/mol. The van der Waals surface area contributed by atoms with Gasteiger partial charge < -0.3 is 51.2 Å². The molecule has 84 heavy (non-hydrogen) atoms. The van der Waals surface area contributed by atoms with Crippen molar-refractivity contribution in [2.75, 3.05) is 20.1 Å². The number of nitrogens with one attached hydrogen (secondary N) is 4. The first-order valence-electron chi connectivity index (χ1n) is 27.8. The summed E-state index contributed by atoms with van der Waals surface area (Å²) in [4.78, 5) is 150. The number of hydrogen-bond donors (Lipinski definition) is 7. The van der Waals surface area contributed by atoms with Gasteiger partial charge in [-0.3, -0.25) is 52.6 Å². The van der Waals surface area contributed by atoms with Crippen molar-refractivity contribution in [2.45, 2.75) is 126 Å². The molecular weight excluding hydrogens is 1110 g/mol. The fourth-order valence-electron chi connectivity index (χ4n) is 11.4. The van der Waals surface area contributed by atoms with Crippen LogP contribution in [0.25, 0.3) is 10.9 Å². The Kier molecular flexibility index (Phi) is 18.2. The Balaban J connectivity index is 0.887. The van der Waals surface area contributed by atoms with Crippen LogP contribution < -0.4 is 21.7 Å². The number of rotatable bonds is 19. The molecule has 5 aromatic rings. The number of nitrogens with zero attached hydrogens (tertiary/aromatic N) is 4. The van der Waals surface area contributed by atoms with Crippen molar-refractivity contribution in [3.63, 3.8) is 0 Å². The molecule has 3 fully saturated rings. The standard InChI is InChI=1S/C60H64F2N9O12P/c1-68-51(73)29-27-49(59(68)80)70-34-43-36(19-13-20-42(43)57(70)78)14-7-3-2-4-12-21-52(74)69-31-30-41-23-26-48(56(77)65-45(25-28-50(63)72)54(75)67-53(37-15-8-5-9-16-37)38-17-10-6-11-18-38)71(41)58(79)47(35-69)66-55(76)46-33-39-32-40(22-24-44(39)64-46)60(61,62)84(81,82)83/h5-6,8-11,13,15-20,22,24,32-33,41,45,47-49,53,64H,2-4,12,21,23,25-31,34-35H2,1H3,(H2,63,72)(H,65,77)(H,66,76)(H,67,75)(H2,81,82,83)/t41-,45?,47+,48+,49?/m1/s1. The second kappa shape index (κ2) is 25.5. The maximum absolute atomic E-state index is 15.0. The van der Waals surface area contributed by atoms with E-state index >= 15 is 4.79 Å². The lowest BCUT2D eigenvalue weighted by Gasteiger charge is -2.39. The van der Waals surface area contributed by atoms with Gasteiger partial charge in [0.05, 0.1) is 6.04 Å². The van der Waals surface area contributed by atoms with Crippen LogP contribution in [0.5, 0.6) is 0 Å². The molecule has 9 rings (SSSR count). The van der Waals surface area contributed by atoms with E-state index in [1.165, 1.54) is 27.8 Å². The number of aromatic nitrogens is 1. The molecule has 24 heteroatoms. The van der Waals surface area contributed by atoms with E-state index in [4.69, 9.17) is 5.73 Å². The number of aromatic amines is 1. The van der Waals surface area contributed by atoms with Gasteiger partial charge in [-0.05, 0) is 92.0 Å². The lowest BCUT2D eigenvalue weighted by Crippen LogP contribution is -2.62. The van der Waals surface area contributed by atoms with Crippen molar-refractivity contribution in [3.05, 3.63) is 142 Å². The summed E-state index contributed by atoms with van der Waals surface area (Å²) in [6.45, 7) is -0.0252. The summed E-state index contributed by atoms with van der Waals surface area (Å²) in [5.41, 5.74) is 3.23. The van der Waals surface area contributed by atoms with E-state index in [-0.39, 0.29) is 98.9 Å². The van der Waals surface area contributed by atoms with Crippen LogP contribution in [-0.2, 0) is 50.3 Å². The van der Waals surface area contributed by atoms with Crippen molar-refractivity contribution < 1.29 is 66.3 Å². The molecule has 0 radical (unpaired) electrons. The minimum Gasteiger partial charge on any atom is -0.370 e. The molecule has 0 bridgehead atoms. The topological polar surface area (TPSA) is 302 Å². The van der Waals surface area contributed by atoms with E-state index < -0.39 is 90.5 Å². The first-order chi connectivity index (χ1) is 40.1. The summed E-state index contributed by atoms with van der Waals surface area (Å²) < 4.78 is 41.2. The molecule has 8 N–H and O–H groups in total. The SMILES string of the molecule is CN1C(=O)CCC(N2Cc3c(C#CCCCCCC(=O)N4CC[C@H]5CC[C@@H](C(=O)NC(CCC(N)=O)C(=O)NC(c6ccccc6)c6ccccc6)N5C(=O)[C@@H](NC(=O)c5cc6cc(C(F)(F)P(=O)(O)O)ccc6[nH]5)C4)cccc3C2=O)C1=O. The Labute approximate surface area is 482 Å². The first-order valence-corrected chi connectivity index (χ1v) is 29.4. The Morgan fingerprint density at radius 1 is 0.833 bits per heavy atom. The van der Waals surface area contributed by atoms with Crippen molar-refractivity contribution in [1.82, 2.24) is 40.5 Å². The molecule has 21 nitrogen and oxygen atoms in total. The molecule has 9 amide bonds. The fourth-order valence-corrected chi connectivity index (χ4v) is 11.9. The quantitative estimate of drug-likeness (QED) is 0.0253. The lowest BCUT2D eigenvalue weighted by molar-refractivity contribution is -0.150. The van der Waals surface area contributed by atoms with Crippen LogP contribution in [0.15, 0.2) is 103 Å². The summed E-state index contributed by atoms with van der Waals surface area (Å²) in [5.74, 6) is 1.34. The predicted molar refractivity (Wildman–Crippen MR) is 301 cm³/mol. The summed E-state index contributed by atoms with van der Waals surface area (Å²) >= 11 is 0. The van der Waals surface area contributed by atoms with Gasteiger partial charge in [0, 0.05) is 86.0 Å². The predicted octanol–water partition coefficient (Wildman–Crippen LogP) is 4.85. The van der Waals surface area contributed by atoms with Crippen molar-refractivity contribution in [2.24, 2.45) is 5.73 Å². The third-order valence-corrected chi connectivity index (χ3v) is 17.0. The van der Waals surface area contributed by atoms with E-state index in [1.807, 2.05) is 60.7 Å². The highest BCUT2D eigenvalue weighted by Gasteiger charge is 2.51. The number of halogens is 2. The highest BCUT2D eigenvalue weighted by atomic mass is 31.2. The Hall–Kier alpha value is -8.58. The van der Waals surface area contributed by atoms with Gasteiger partial charge in [-0.1, -0.05) is 91.1 Å². The van der Waals surface area contributed by atoms with Crippen molar-refractivity contribution in [1.29, 1.82) is 0 Å². The van der Waals surface area contributed by atoms with Crippen LogP contribution in [-0.4, -0.2) is 138 Å². The number of nitrogens with two attached hydrogens (primary N) is 1. The number of carbonyl (C=O) groups excluding carboxylic acids is 9. The van der Waals surface area contributed by atoms with E-state index in [0.717, 1.165) is 34.2 Å². The van der Waals surface area contributed by atoms with Gasteiger partial charge in [0.2, 0.25) is 35.4 Å². The molecule has 440 valence electrons. The van der Waals surface area contributed by atoms with E-state index in [0.29, 0.717) is 48.8 Å². The average Bonchev–Trinajstić information content (AvgIpc) is 2.05. The number of benzene rings is 4. The van der Waals surface area contributed by atoms with Gasteiger partial charge >= 0.3 is 13.3 Å². The van der Waals surface area contributed by atoms with Gasteiger partial charge in [0.1, 0.15) is 29.9 Å². The zero-order valence-corrected chi connectivity index (χ0v) is 46.8. The van der Waals surface area contributed by atoms with Crippen LogP contribution >= 0.6 is 7.60 Å². The minimum absolute atomic E-state index is 0.00323. The molecule has 4 aliphatic heterocycles. The van der Waals surface area contributed by atoms with Gasteiger partial charge in [-0.25, -0.2) is 0 Å². The Morgan fingerprint density at radius 3 is 2.24 bits per heavy atom. The van der Waals surface area contributed by atoms with Crippen molar-refractivity contribution >= 4 is 71.7 Å². The lowest BCUT2D eigenvalue weighted by atomic mass is 9.98. The highest BCUT2D eigenvalue weighted by molar-refractivity contribution is 7.52. The van der Waals surface area contributed by atoms with Crippen molar-refractivity contribution in [3.8, 4) is 11.8 Å². The fraction of sp³-hybridized carbons (Fsp3) is 0.383. The summed E-state index contributed by atoms with van der Waals surface area (Å²) in [6, 6.07) is 21.5. The molecule has 5 heterocycles. The number of piperidine rings is 1. The van der Waals surface area contributed by atoms with Gasteiger partial charge in [0.25, 0.3) is 17.7 Å². The first kappa shape index (κ1) is 60.0. The number of fused-ring (bicyclic) bond motifs is 3. The van der Waals surface area contributed by atoms with Crippen LogP contribution in [0.3, 0.4) is 0 Å². The second-order valence-electron chi connectivity index (χ2n) is 21.5. The molecule has 5 atom stereocenters. The molecule has 1 aromatic heterocycles. The largest absolute Gasteiger partial charge is 0.399 e. The number of primary amides is 1. The molecule has 4 aromatic carbocycles. The highest BCUT2D eigenvalue weighted by Crippen LogP contribution is 2.59. The number of amides is 9. The maximum atomic E-state index is 15.0. The molecule has 4 aliphatic rings. The average molecular weight is 1170 g/mol. The van der Waals surface area contributed by atoms with E-state index in [9.17, 15) is 61.5 Å². The Bertz CT molecular complexity index is 3470. The molecular formula is C60H64F2N9O12P. The van der Waals surface area contributed by atoms with Gasteiger partial charge in [-0.2, -0.15) is 8.78 Å². The molecule has 2 unspecified atom stereocenters. The van der Waals surface area contributed by atoms with Crippen LogP contribution in [0.4, 0.5) is 8.78 Å². The number of likely N-dealkylation sites (N-methyl/N-ethyl adjacent to an activating group) is 1. The minimum atomic E-state index is -5.94. The van der Waals surface area contributed by atoms with E-state index in [1.54, 1.807) is 18.2 Å². The summed E-state index contributed by atoms with van der Waals surface area (Å²) in [5, 5.41) is 8.48. The van der Waals surface area contributed by atoms with Gasteiger partial charge in [0.15, 0.2) is 0 Å². The summed E-state index contributed by atoms with van der Waals surface area (Å²) in [7, 11) is -4.52. The van der Waals surface area contributed by atoms with E-state index in [2.05, 4.69) is 32.8 Å². The number of imide groups is 1. The molecule has 0 saturated carbocycles. The number of carbonyl (C=O) groups is 9. The normalized spacial score (nSPS) is 19.5. The molecule has 0 aliphatic carbocycles. The number of likely N-dealkylation sites (tertiary alicyclic amines) is 1. The van der Waals surface area contributed by atoms with Gasteiger partial charge in [-0.15, -0.1) is 0 Å². The zero-order valence-electron chi connectivity index (χ0n) is 45.9. The number of hydrogen-bond acceptors (Lipinski definition) is 10. The number of alkyl halides is 2. The number of H-pyrrole nitrogens is 1. The third kappa shape index (κ3) is 13.1.